The Kier molecular flexibility index (Phi) is 31.0. The van der Waals surface area contributed by atoms with Gasteiger partial charge in [-0.05, 0) is 18.4 Å². The predicted octanol–water partition coefficient (Wildman–Crippen LogP) is 9.97. The Hall–Kier alpha value is -2.73. The normalized spacial score (nSPS) is 18.9. The van der Waals surface area contributed by atoms with E-state index in [-0.39, 0.29) is 19.1 Å². The third kappa shape index (κ3) is 23.5. The Balaban J connectivity index is 1.95. The van der Waals surface area contributed by atoms with Crippen LogP contribution in [0.5, 0.6) is 0 Å². The van der Waals surface area contributed by atoms with Gasteiger partial charge in [0.15, 0.2) is 6.23 Å². The van der Waals surface area contributed by atoms with Crippen LogP contribution in [0.25, 0.3) is 0 Å². The summed E-state index contributed by atoms with van der Waals surface area (Å²) >= 11 is 0. The van der Waals surface area contributed by atoms with Crippen molar-refractivity contribution in [3.05, 3.63) is 35.9 Å². The molecule has 0 saturated carbocycles. The smallest absolute Gasteiger partial charge is 0.410 e. The summed E-state index contributed by atoms with van der Waals surface area (Å²) in [5, 5.41) is 35.1. The van der Waals surface area contributed by atoms with Gasteiger partial charge in [-0.1, -0.05) is 205 Å². The minimum Gasteiger partial charge on any atom is -0.445 e. The van der Waals surface area contributed by atoms with Crippen molar-refractivity contribution < 1.29 is 39.2 Å². The van der Waals surface area contributed by atoms with E-state index in [0.717, 1.165) is 61.8 Å². The number of hydrogen-bond donors (Lipinski definition) is 4. The fraction of sp³-hybridized carbons (Fsp3) is 0.816. The molecule has 1 aliphatic heterocycles. The van der Waals surface area contributed by atoms with Crippen molar-refractivity contribution in [1.29, 1.82) is 0 Å². The van der Waals surface area contributed by atoms with Gasteiger partial charge in [0.1, 0.15) is 37.5 Å². The second kappa shape index (κ2) is 34.8. The highest BCUT2D eigenvalue weighted by Crippen LogP contribution is 2.26. The molecule has 0 spiro atoms. The lowest BCUT2D eigenvalue weighted by atomic mass is 9.94. The minimum absolute atomic E-state index is 0.0488. The summed E-state index contributed by atoms with van der Waals surface area (Å²) in [5.74, 6) is -0.750. The fourth-order valence-corrected chi connectivity index (χ4v) is 8.17. The number of rotatable bonds is 36. The molecular formula is C49H87N3O8. The van der Waals surface area contributed by atoms with E-state index in [1.54, 1.807) is 4.90 Å². The van der Waals surface area contributed by atoms with Crippen LogP contribution in [0.4, 0.5) is 4.79 Å². The molecule has 1 aromatic rings. The molecule has 11 heteroatoms. The number of unbranched alkanes of at least 4 members (excludes halogenated alkanes) is 25. The second-order valence-corrected chi connectivity index (χ2v) is 17.4. The average molecular weight is 846 g/mol. The molecule has 1 aliphatic rings. The number of benzene rings is 1. The summed E-state index contributed by atoms with van der Waals surface area (Å²) < 4.78 is 11.5. The number of nitrogens with one attached hydrogen (secondary N) is 1. The highest BCUT2D eigenvalue weighted by atomic mass is 16.6. The summed E-state index contributed by atoms with van der Waals surface area (Å²) in [6.07, 6.45) is 26.9. The van der Waals surface area contributed by atoms with Gasteiger partial charge in [-0.15, -0.1) is 0 Å². The van der Waals surface area contributed by atoms with Crippen molar-refractivity contribution >= 4 is 17.9 Å². The summed E-state index contributed by atoms with van der Waals surface area (Å²) in [6, 6.07) is 8.03. The van der Waals surface area contributed by atoms with Crippen LogP contribution in [0.1, 0.15) is 199 Å². The molecule has 5 atom stereocenters. The molecule has 1 fully saturated rings. The summed E-state index contributed by atoms with van der Waals surface area (Å²) in [4.78, 5) is 42.9. The number of carbonyl (C=O) groups is 3. The average Bonchev–Trinajstić information content (AvgIpc) is 3.25. The number of likely N-dealkylation sites (N-methyl/N-ethyl adjacent to an activating group) is 1. The van der Waals surface area contributed by atoms with Gasteiger partial charge in [-0.2, -0.15) is 0 Å². The first kappa shape index (κ1) is 53.4. The van der Waals surface area contributed by atoms with E-state index in [9.17, 15) is 29.7 Å². The predicted molar refractivity (Wildman–Crippen MR) is 241 cm³/mol. The number of ether oxygens (including phenoxy) is 2. The Morgan fingerprint density at radius 1 is 0.650 bits per heavy atom. The van der Waals surface area contributed by atoms with Gasteiger partial charge in [0.25, 0.3) is 0 Å². The van der Waals surface area contributed by atoms with E-state index in [1.165, 1.54) is 129 Å². The van der Waals surface area contributed by atoms with Crippen molar-refractivity contribution in [2.45, 2.75) is 231 Å². The quantitative estimate of drug-likeness (QED) is 0.0488. The van der Waals surface area contributed by atoms with Gasteiger partial charge in [0, 0.05) is 20.0 Å². The maximum Gasteiger partial charge on any atom is 0.410 e. The zero-order chi connectivity index (χ0) is 43.6. The third-order valence-electron chi connectivity index (χ3n) is 12.0. The maximum atomic E-state index is 14.0. The molecule has 60 heavy (non-hydrogen) atoms. The summed E-state index contributed by atoms with van der Waals surface area (Å²) in [5.41, 5.74) is 0.809. The Morgan fingerprint density at radius 3 is 1.57 bits per heavy atom. The molecule has 1 heterocycles. The van der Waals surface area contributed by atoms with E-state index >= 15 is 0 Å². The maximum absolute atomic E-state index is 14.0. The fourth-order valence-electron chi connectivity index (χ4n) is 8.17. The molecular weight excluding hydrogens is 759 g/mol. The molecule has 0 unspecified atom stereocenters. The molecule has 1 aromatic carbocycles. The second-order valence-electron chi connectivity index (χ2n) is 17.4. The number of aliphatic hydroxyl groups is 3. The molecule has 346 valence electrons. The highest BCUT2D eigenvalue weighted by molar-refractivity contribution is 5.82. The van der Waals surface area contributed by atoms with E-state index in [1.807, 2.05) is 30.3 Å². The molecule has 0 radical (unpaired) electrons. The van der Waals surface area contributed by atoms with Crippen LogP contribution in [0, 0.1) is 0 Å². The molecule has 0 aromatic heterocycles. The van der Waals surface area contributed by atoms with E-state index in [2.05, 4.69) is 19.2 Å². The third-order valence-corrected chi connectivity index (χ3v) is 12.0. The van der Waals surface area contributed by atoms with Crippen molar-refractivity contribution in [3.8, 4) is 0 Å². The number of carbonyl (C=O) groups excluding carboxylic acids is 3. The number of hydrogen-bond acceptors (Lipinski definition) is 8. The molecule has 0 bridgehead atoms. The van der Waals surface area contributed by atoms with Crippen LogP contribution < -0.4 is 5.32 Å². The van der Waals surface area contributed by atoms with Gasteiger partial charge >= 0.3 is 6.09 Å². The van der Waals surface area contributed by atoms with E-state index in [0.29, 0.717) is 13.0 Å². The van der Waals surface area contributed by atoms with Crippen LogP contribution in [-0.4, -0.2) is 100 Å². The first-order valence-electron chi connectivity index (χ1n) is 24.4. The van der Waals surface area contributed by atoms with Crippen LogP contribution in [0.15, 0.2) is 30.3 Å². The Labute approximate surface area is 364 Å². The molecule has 2 rings (SSSR count). The molecule has 3 amide bonds. The topological polar surface area (TPSA) is 149 Å². The summed E-state index contributed by atoms with van der Waals surface area (Å²) in [6.45, 7) is 3.96. The summed E-state index contributed by atoms with van der Waals surface area (Å²) in [7, 11) is 1.44. The van der Waals surface area contributed by atoms with Crippen molar-refractivity contribution in [2.24, 2.45) is 0 Å². The van der Waals surface area contributed by atoms with Crippen LogP contribution in [0.2, 0.25) is 0 Å². The highest BCUT2D eigenvalue weighted by Gasteiger charge is 2.48. The van der Waals surface area contributed by atoms with Gasteiger partial charge in [-0.25, -0.2) is 4.79 Å². The van der Waals surface area contributed by atoms with Gasteiger partial charge < -0.3 is 39.9 Å². The first-order valence-corrected chi connectivity index (χ1v) is 24.4. The molecule has 1 saturated heterocycles. The van der Waals surface area contributed by atoms with Crippen molar-refractivity contribution in [1.82, 2.24) is 15.1 Å². The first-order chi connectivity index (χ1) is 29.2. The van der Waals surface area contributed by atoms with Crippen molar-refractivity contribution in [2.75, 3.05) is 26.7 Å². The zero-order valence-electron chi connectivity index (χ0n) is 38.2. The molecule has 4 N–H and O–H groups in total. The van der Waals surface area contributed by atoms with Crippen LogP contribution >= 0.6 is 0 Å². The molecule has 0 aliphatic carbocycles. The largest absolute Gasteiger partial charge is 0.445 e. The molecule has 11 nitrogen and oxygen atoms in total. The number of aliphatic hydroxyl groups excluding tert-OH is 3. The lowest BCUT2D eigenvalue weighted by Gasteiger charge is -2.47. The Bertz CT molecular complexity index is 1220. The monoisotopic (exact) mass is 846 g/mol. The lowest BCUT2D eigenvalue weighted by Crippen LogP contribution is -2.69. The minimum atomic E-state index is -1.52. The lowest BCUT2D eigenvalue weighted by molar-refractivity contribution is -0.231. The zero-order valence-corrected chi connectivity index (χ0v) is 38.2. The van der Waals surface area contributed by atoms with Gasteiger partial charge in [0.2, 0.25) is 11.8 Å². The standard InChI is InChI=1S/C49H87N3O8/c1-4-6-8-10-12-14-16-18-19-20-21-23-25-27-32-36-44(55)52(37-33-28-26-24-22-17-15-13-11-9-7-5-2)48-45(47(57)46(56)42(39-53)60-48)50-43(54)38-51(3)49(58)59-40-41-34-30-29-31-35-41/h29-31,34-35,42,45-48,53,56-57H,4-28,32-33,36-40H2,1-3H3,(H,50,54)/t42-,45-,46-,47-,48-/m1/s1. The van der Waals surface area contributed by atoms with Crippen molar-refractivity contribution in [3.63, 3.8) is 0 Å². The number of amides is 3. The number of nitrogens with zero attached hydrogens (tertiary/aromatic N) is 2. The van der Waals surface area contributed by atoms with Gasteiger partial charge in [-0.3, -0.25) is 9.59 Å². The van der Waals surface area contributed by atoms with Crippen LogP contribution in [-0.2, 0) is 25.7 Å². The Morgan fingerprint density at radius 2 is 1.10 bits per heavy atom. The SMILES string of the molecule is CCCCCCCCCCCCCCCCCC(=O)N(CCCCCCCCCCCCCC)[C@@H]1O[C@H](CO)[C@@H](O)[C@H](O)[C@H]1NC(=O)CN(C)C(=O)OCc1ccccc1. The van der Waals surface area contributed by atoms with Crippen LogP contribution in [0.3, 0.4) is 0 Å². The van der Waals surface area contributed by atoms with Gasteiger partial charge in [0.05, 0.1) is 6.61 Å². The van der Waals surface area contributed by atoms with E-state index in [4.69, 9.17) is 9.47 Å². The van der Waals surface area contributed by atoms with E-state index < -0.39 is 49.2 Å².